The Hall–Kier alpha value is -2.82. The first-order valence-electron chi connectivity index (χ1n) is 8.19. The molecule has 1 heterocycles. The molecule has 25 heavy (non-hydrogen) atoms. The van der Waals surface area contributed by atoms with E-state index in [1.807, 2.05) is 52.1 Å². The van der Waals surface area contributed by atoms with Gasteiger partial charge in [-0.25, -0.2) is 9.98 Å². The first-order valence-corrected chi connectivity index (χ1v) is 8.19. The van der Waals surface area contributed by atoms with Crippen LogP contribution in [0.1, 0.15) is 50.2 Å². The Morgan fingerprint density at radius 3 is 2.56 bits per heavy atom. The fourth-order valence-electron chi connectivity index (χ4n) is 1.95. The van der Waals surface area contributed by atoms with Gasteiger partial charge in [-0.05, 0) is 56.0 Å². The van der Waals surface area contributed by atoms with Crippen molar-refractivity contribution >= 4 is 23.5 Å². The Bertz CT molecular complexity index is 737. The maximum Gasteiger partial charge on any atom is 0.269 e. The van der Waals surface area contributed by atoms with Gasteiger partial charge in [0.25, 0.3) is 5.91 Å². The average molecular weight is 338 g/mol. The molecule has 1 amide bonds. The summed E-state index contributed by atoms with van der Waals surface area (Å²) in [6, 6.07) is 3.53. The fourth-order valence-corrected chi connectivity index (χ4v) is 1.95. The molecule has 0 aliphatic carbocycles. The molecule has 1 rings (SSSR count). The number of pyridine rings is 1. The smallest absolute Gasteiger partial charge is 0.269 e. The number of nitrogens with one attached hydrogen (secondary N) is 1. The molecule has 0 spiro atoms. The predicted octanol–water partition coefficient (Wildman–Crippen LogP) is 4.20. The van der Waals surface area contributed by atoms with Crippen LogP contribution < -0.4 is 5.32 Å². The van der Waals surface area contributed by atoms with Gasteiger partial charge in [-0.2, -0.15) is 0 Å². The summed E-state index contributed by atoms with van der Waals surface area (Å²) in [5.74, 6) is 0.524. The van der Waals surface area contributed by atoms with Gasteiger partial charge in [-0.15, -0.1) is 0 Å². The van der Waals surface area contributed by atoms with E-state index in [-0.39, 0.29) is 5.91 Å². The summed E-state index contributed by atoms with van der Waals surface area (Å²) in [6.07, 6.45) is 8.27. The van der Waals surface area contributed by atoms with Crippen molar-refractivity contribution in [3.05, 3.63) is 59.6 Å². The number of amides is 1. The molecule has 5 nitrogen and oxygen atoms in total. The van der Waals surface area contributed by atoms with Crippen LogP contribution in [0.3, 0.4) is 0 Å². The zero-order valence-corrected chi connectivity index (χ0v) is 15.6. The van der Waals surface area contributed by atoms with Gasteiger partial charge >= 0.3 is 0 Å². The van der Waals surface area contributed by atoms with Gasteiger partial charge in [0.2, 0.25) is 0 Å². The standard InChI is InChI=1S/C20H26N4O/c1-7-12-22-17(5)24-15(3)9-8-14(2)16(4)18-10-11-19(23-13-18)20(25)21-6/h8-13H,4,7H2,1-3,5-6H3,(H,21,25)/b14-8+,15-9+,22-12-,24-17-. The van der Waals surface area contributed by atoms with E-state index in [9.17, 15) is 4.79 Å². The van der Waals surface area contributed by atoms with E-state index in [1.54, 1.807) is 19.3 Å². The number of aliphatic imine (C=N–C) groups is 2. The maximum atomic E-state index is 11.5. The average Bonchev–Trinajstić information content (AvgIpc) is 2.63. The highest BCUT2D eigenvalue weighted by molar-refractivity contribution is 5.92. The molecule has 0 fully saturated rings. The van der Waals surface area contributed by atoms with Crippen LogP contribution in [0.25, 0.3) is 5.57 Å². The molecule has 132 valence electrons. The Balaban J connectivity index is 2.87. The summed E-state index contributed by atoms with van der Waals surface area (Å²) in [5, 5.41) is 2.55. The molecule has 5 heteroatoms. The molecule has 1 aromatic rings. The second-order valence-corrected chi connectivity index (χ2v) is 5.53. The van der Waals surface area contributed by atoms with E-state index in [0.717, 1.165) is 34.7 Å². The number of carbonyl (C=O) groups excluding carboxylic acids is 1. The lowest BCUT2D eigenvalue weighted by Gasteiger charge is -2.06. The van der Waals surface area contributed by atoms with Crippen LogP contribution in [0.2, 0.25) is 0 Å². The second kappa shape index (κ2) is 10.1. The van der Waals surface area contributed by atoms with Crippen LogP contribution in [0, 0.1) is 0 Å². The van der Waals surface area contributed by atoms with Crippen molar-refractivity contribution in [2.45, 2.75) is 34.1 Å². The summed E-state index contributed by atoms with van der Waals surface area (Å²) in [6.45, 7) is 11.9. The lowest BCUT2D eigenvalue weighted by atomic mass is 10.0. The molecule has 0 radical (unpaired) electrons. The molecular formula is C20H26N4O. The van der Waals surface area contributed by atoms with Crippen LogP contribution in [-0.4, -0.2) is 30.0 Å². The zero-order chi connectivity index (χ0) is 18.8. The van der Waals surface area contributed by atoms with Crippen molar-refractivity contribution in [2.24, 2.45) is 9.98 Å². The molecule has 0 unspecified atom stereocenters. The van der Waals surface area contributed by atoms with E-state index in [0.29, 0.717) is 5.69 Å². The predicted molar refractivity (Wildman–Crippen MR) is 106 cm³/mol. The van der Waals surface area contributed by atoms with Crippen molar-refractivity contribution in [1.29, 1.82) is 0 Å². The van der Waals surface area contributed by atoms with E-state index in [1.165, 1.54) is 0 Å². The minimum atomic E-state index is -0.207. The third-order valence-corrected chi connectivity index (χ3v) is 3.42. The summed E-state index contributed by atoms with van der Waals surface area (Å²) in [4.78, 5) is 24.3. The first kappa shape index (κ1) is 20.2. The quantitative estimate of drug-likeness (QED) is 0.480. The number of hydrogen-bond acceptors (Lipinski definition) is 3. The number of nitrogens with zero attached hydrogens (tertiary/aromatic N) is 3. The van der Waals surface area contributed by atoms with Gasteiger partial charge in [-0.3, -0.25) is 9.78 Å². The van der Waals surface area contributed by atoms with Gasteiger partial charge < -0.3 is 5.32 Å². The van der Waals surface area contributed by atoms with Gasteiger partial charge in [-0.1, -0.05) is 25.6 Å². The molecule has 0 aliphatic rings. The SMILES string of the molecule is C=C(/C(C)=C/C=C(C)/N=C(C)\N=C/CC)c1ccc(C(=O)NC)nc1. The third kappa shape index (κ3) is 6.67. The number of carbonyl (C=O) groups is 1. The van der Waals surface area contributed by atoms with E-state index < -0.39 is 0 Å². The van der Waals surface area contributed by atoms with Crippen molar-refractivity contribution in [3.8, 4) is 0 Å². The van der Waals surface area contributed by atoms with Crippen LogP contribution in [0.4, 0.5) is 0 Å². The molecule has 0 saturated heterocycles. The van der Waals surface area contributed by atoms with E-state index in [2.05, 4.69) is 26.9 Å². The number of amidine groups is 1. The second-order valence-electron chi connectivity index (χ2n) is 5.53. The zero-order valence-electron chi connectivity index (χ0n) is 15.6. The molecule has 0 saturated carbocycles. The van der Waals surface area contributed by atoms with Crippen LogP contribution in [0.5, 0.6) is 0 Å². The lowest BCUT2D eigenvalue weighted by molar-refractivity contribution is 0.0958. The summed E-state index contributed by atoms with van der Waals surface area (Å²) < 4.78 is 0. The minimum absolute atomic E-state index is 0.207. The molecule has 0 aliphatic heterocycles. The number of allylic oxidation sites excluding steroid dienone is 5. The van der Waals surface area contributed by atoms with Crippen LogP contribution >= 0.6 is 0 Å². The maximum absolute atomic E-state index is 11.5. The normalized spacial score (nSPS) is 13.2. The largest absolute Gasteiger partial charge is 0.354 e. The minimum Gasteiger partial charge on any atom is -0.354 e. The monoisotopic (exact) mass is 338 g/mol. The Morgan fingerprint density at radius 2 is 2.00 bits per heavy atom. The van der Waals surface area contributed by atoms with Crippen molar-refractivity contribution < 1.29 is 4.79 Å². The molecule has 0 atom stereocenters. The third-order valence-electron chi connectivity index (χ3n) is 3.42. The highest BCUT2D eigenvalue weighted by atomic mass is 16.1. The van der Waals surface area contributed by atoms with Gasteiger partial charge in [0.05, 0.1) is 0 Å². The van der Waals surface area contributed by atoms with Crippen LogP contribution in [0.15, 0.2) is 58.3 Å². The summed E-state index contributed by atoms with van der Waals surface area (Å²) in [5.41, 5.74) is 3.98. The molecule has 1 N–H and O–H groups in total. The summed E-state index contributed by atoms with van der Waals surface area (Å²) in [7, 11) is 1.58. The molecule has 1 aromatic heterocycles. The summed E-state index contributed by atoms with van der Waals surface area (Å²) >= 11 is 0. The Kier molecular flexibility index (Phi) is 8.19. The van der Waals surface area contributed by atoms with E-state index in [4.69, 9.17) is 0 Å². The highest BCUT2D eigenvalue weighted by Gasteiger charge is 2.06. The number of rotatable bonds is 6. The Morgan fingerprint density at radius 1 is 1.28 bits per heavy atom. The van der Waals surface area contributed by atoms with Crippen molar-refractivity contribution in [2.75, 3.05) is 7.05 Å². The van der Waals surface area contributed by atoms with Gasteiger partial charge in [0.1, 0.15) is 11.5 Å². The molecule has 0 aromatic carbocycles. The van der Waals surface area contributed by atoms with Crippen LogP contribution in [-0.2, 0) is 0 Å². The highest BCUT2D eigenvalue weighted by Crippen LogP contribution is 2.20. The number of hydrogen-bond donors (Lipinski definition) is 1. The van der Waals surface area contributed by atoms with E-state index >= 15 is 0 Å². The fraction of sp³-hybridized carbons (Fsp3) is 0.300. The van der Waals surface area contributed by atoms with Gasteiger partial charge in [0, 0.05) is 25.2 Å². The van der Waals surface area contributed by atoms with Gasteiger partial charge in [0.15, 0.2) is 0 Å². The Labute approximate surface area is 150 Å². The van der Waals surface area contributed by atoms with Crippen molar-refractivity contribution in [1.82, 2.24) is 10.3 Å². The molecule has 0 bridgehead atoms. The van der Waals surface area contributed by atoms with Crippen molar-refractivity contribution in [3.63, 3.8) is 0 Å². The number of aromatic nitrogens is 1. The molecular weight excluding hydrogens is 312 g/mol. The first-order chi connectivity index (χ1) is 11.9. The lowest BCUT2D eigenvalue weighted by Crippen LogP contribution is -2.19. The topological polar surface area (TPSA) is 66.7 Å².